The lowest BCUT2D eigenvalue weighted by Gasteiger charge is -2.50. The first-order chi connectivity index (χ1) is 11.0. The number of carbonyl (C=O) groups is 1. The summed E-state index contributed by atoms with van der Waals surface area (Å²) < 4.78 is 7.64. The molecule has 5 nitrogen and oxygen atoms in total. The Morgan fingerprint density at radius 1 is 1.35 bits per heavy atom. The number of nitrogens with two attached hydrogens (primary N) is 1. The number of β-lactam (4-membered cyclic amide) rings is 1. The zero-order valence-corrected chi connectivity index (χ0v) is 18.3. The van der Waals surface area contributed by atoms with Crippen LogP contribution in [0.15, 0.2) is 35.1 Å². The van der Waals surface area contributed by atoms with E-state index in [1.807, 2.05) is 10.7 Å². The molecular formula is C13H23N4OP5. The maximum atomic E-state index is 12.5. The predicted octanol–water partition coefficient (Wildman–Crippen LogP) is 2.62. The van der Waals surface area contributed by atoms with Gasteiger partial charge in [0.1, 0.15) is 0 Å². The topological polar surface area (TPSA) is 61.9 Å². The van der Waals surface area contributed by atoms with Crippen LogP contribution in [0.2, 0.25) is 0 Å². The summed E-state index contributed by atoms with van der Waals surface area (Å²) >= 11 is 0. The third-order valence-corrected chi connectivity index (χ3v) is 7.19. The minimum atomic E-state index is -0.578. The Balaban J connectivity index is 2.03. The van der Waals surface area contributed by atoms with E-state index in [0.717, 1.165) is 12.8 Å². The molecule has 1 heterocycles. The molecule has 0 bridgehead atoms. The molecule has 0 radical (unpaired) electrons. The van der Waals surface area contributed by atoms with E-state index in [1.165, 1.54) is 5.56 Å². The molecule has 0 spiro atoms. The summed E-state index contributed by atoms with van der Waals surface area (Å²) in [7, 11) is 9.70. The molecule has 0 saturated carbocycles. The zero-order chi connectivity index (χ0) is 17.0. The largest absolute Gasteiger partial charge is 0.369 e. The number of rotatable bonds is 6. The summed E-state index contributed by atoms with van der Waals surface area (Å²) in [6.45, 7) is 0.571. The van der Waals surface area contributed by atoms with E-state index in [9.17, 15) is 4.79 Å². The van der Waals surface area contributed by atoms with E-state index in [4.69, 9.17) is 5.73 Å². The molecule has 1 amide bonds. The lowest BCUT2D eigenvalue weighted by molar-refractivity contribution is -0.146. The average Bonchev–Trinajstić information content (AvgIpc) is 2.55. The van der Waals surface area contributed by atoms with Crippen molar-refractivity contribution < 1.29 is 4.79 Å². The summed E-state index contributed by atoms with van der Waals surface area (Å²) in [6.07, 6.45) is 1.92. The predicted molar refractivity (Wildman–Crippen MR) is 113 cm³/mol. The molecule has 0 aliphatic carbocycles. The van der Waals surface area contributed by atoms with Gasteiger partial charge in [0, 0.05) is 20.0 Å². The molecular weight excluding hydrogens is 383 g/mol. The molecule has 0 aromatic heterocycles. The van der Waals surface area contributed by atoms with Gasteiger partial charge in [-0.25, -0.2) is 4.76 Å². The normalized spacial score (nSPS) is 21.5. The van der Waals surface area contributed by atoms with Crippen molar-refractivity contribution in [3.05, 3.63) is 35.9 Å². The van der Waals surface area contributed by atoms with E-state index in [0.29, 0.717) is 12.5 Å². The Labute approximate surface area is 148 Å². The summed E-state index contributed by atoms with van der Waals surface area (Å²) in [5, 5.41) is 0. The first-order valence-corrected chi connectivity index (χ1v) is 12.7. The van der Waals surface area contributed by atoms with Crippen molar-refractivity contribution >= 4 is 56.0 Å². The van der Waals surface area contributed by atoms with Crippen molar-refractivity contribution in [2.75, 3.05) is 6.54 Å². The monoisotopic (exact) mass is 406 g/mol. The van der Waals surface area contributed by atoms with Crippen molar-refractivity contribution in [3.8, 4) is 0 Å². The second kappa shape index (κ2) is 8.99. The Hall–Kier alpha value is 0.110. The van der Waals surface area contributed by atoms with Crippen LogP contribution in [0.4, 0.5) is 0 Å². The lowest BCUT2D eigenvalue weighted by Crippen LogP contribution is -2.60. The van der Waals surface area contributed by atoms with Crippen molar-refractivity contribution in [2.45, 2.75) is 18.9 Å². The van der Waals surface area contributed by atoms with Gasteiger partial charge in [-0.05, 0) is 37.2 Å². The highest BCUT2D eigenvalue weighted by Crippen LogP contribution is 2.61. The van der Waals surface area contributed by atoms with Gasteiger partial charge in [-0.15, -0.1) is 0 Å². The van der Waals surface area contributed by atoms with Gasteiger partial charge in [-0.2, -0.15) is 0 Å². The molecule has 6 unspecified atom stereocenters. The van der Waals surface area contributed by atoms with Crippen LogP contribution in [0.5, 0.6) is 0 Å². The Kier molecular flexibility index (Phi) is 7.59. The number of guanidine groups is 1. The van der Waals surface area contributed by atoms with Crippen molar-refractivity contribution in [1.29, 1.82) is 0 Å². The SMILES string of the molecule is N/C(=N/P)N(P)CC1C(=O)N(P(P)P)C1CCc1ccccc1. The summed E-state index contributed by atoms with van der Waals surface area (Å²) in [5.41, 5.74) is 7.10. The highest BCUT2D eigenvalue weighted by molar-refractivity contribution is 8.42. The van der Waals surface area contributed by atoms with Crippen molar-refractivity contribution in [2.24, 2.45) is 16.4 Å². The Morgan fingerprint density at radius 3 is 2.57 bits per heavy atom. The fourth-order valence-corrected chi connectivity index (χ4v) is 6.01. The molecule has 2 rings (SSSR count). The van der Waals surface area contributed by atoms with E-state index in [-0.39, 0.29) is 17.9 Å². The highest BCUT2D eigenvalue weighted by Gasteiger charge is 2.48. The van der Waals surface area contributed by atoms with Gasteiger partial charge >= 0.3 is 0 Å². The van der Waals surface area contributed by atoms with Gasteiger partial charge in [-0.3, -0.25) is 4.79 Å². The number of benzene rings is 1. The third-order valence-electron chi connectivity index (χ3n) is 3.96. The van der Waals surface area contributed by atoms with Gasteiger partial charge in [0.2, 0.25) is 5.91 Å². The van der Waals surface area contributed by atoms with Crippen LogP contribution in [-0.4, -0.2) is 33.8 Å². The molecule has 1 aliphatic heterocycles. The lowest BCUT2D eigenvalue weighted by atomic mass is 9.86. The van der Waals surface area contributed by atoms with Crippen LogP contribution in [0.25, 0.3) is 0 Å². The van der Waals surface area contributed by atoms with E-state index >= 15 is 0 Å². The smallest absolute Gasteiger partial charge is 0.233 e. The van der Waals surface area contributed by atoms with Gasteiger partial charge in [0.05, 0.1) is 5.92 Å². The van der Waals surface area contributed by atoms with E-state index in [2.05, 4.69) is 65.7 Å². The maximum Gasteiger partial charge on any atom is 0.233 e. The average molecular weight is 406 g/mol. The minimum Gasteiger partial charge on any atom is -0.369 e. The van der Waals surface area contributed by atoms with Crippen LogP contribution < -0.4 is 5.73 Å². The molecule has 1 aliphatic rings. The van der Waals surface area contributed by atoms with Gasteiger partial charge < -0.3 is 15.1 Å². The van der Waals surface area contributed by atoms with Gasteiger partial charge in [0.15, 0.2) is 5.96 Å². The molecule has 23 heavy (non-hydrogen) atoms. The Bertz CT molecular complexity index is 571. The second-order valence-corrected chi connectivity index (χ2v) is 12.4. The molecule has 6 atom stereocenters. The number of nitrogens with zero attached hydrogens (tertiary/aromatic N) is 3. The molecule has 126 valence electrons. The van der Waals surface area contributed by atoms with E-state index < -0.39 is 7.45 Å². The second-order valence-electron chi connectivity index (χ2n) is 5.40. The van der Waals surface area contributed by atoms with Crippen LogP contribution in [-0.2, 0) is 11.2 Å². The third kappa shape index (κ3) is 4.81. The molecule has 1 aromatic rings. The van der Waals surface area contributed by atoms with Gasteiger partial charge in [0.25, 0.3) is 0 Å². The van der Waals surface area contributed by atoms with Gasteiger partial charge in [-0.1, -0.05) is 48.2 Å². The minimum absolute atomic E-state index is 0.0346. The van der Waals surface area contributed by atoms with Crippen LogP contribution in [0.1, 0.15) is 12.0 Å². The first-order valence-electron chi connectivity index (χ1n) is 7.17. The first kappa shape index (κ1) is 19.4. The molecule has 10 heteroatoms. The standard InChI is InChI=1S/C13H23N4OP5/c14-13(15-19)16(20)8-10-11(17(12(10)18)23(21)22)7-6-9-4-2-1-3-5-9/h1-5,10-11H,6-8,19-22H2,(H2,14,15). The molecule has 2 N–H and O–H groups in total. The van der Waals surface area contributed by atoms with Crippen molar-refractivity contribution in [1.82, 2.24) is 9.34 Å². The molecule has 1 fully saturated rings. The van der Waals surface area contributed by atoms with Crippen LogP contribution >= 0.6 is 44.1 Å². The number of hydrogen-bond acceptors (Lipinski definition) is 2. The number of aryl methyl sites for hydroxylation is 1. The number of carbonyl (C=O) groups excluding carboxylic acids is 1. The highest BCUT2D eigenvalue weighted by atomic mass is 32.4. The summed E-state index contributed by atoms with van der Waals surface area (Å²) in [5.74, 6) is 0.558. The molecule has 1 aromatic carbocycles. The number of amides is 1. The van der Waals surface area contributed by atoms with E-state index in [1.54, 1.807) is 4.67 Å². The summed E-state index contributed by atoms with van der Waals surface area (Å²) in [6, 6.07) is 10.6. The fourth-order valence-electron chi connectivity index (χ4n) is 2.73. The maximum absolute atomic E-state index is 12.5. The fraction of sp³-hybridized carbons (Fsp3) is 0.385. The van der Waals surface area contributed by atoms with Crippen LogP contribution in [0.3, 0.4) is 0 Å². The zero-order valence-electron chi connectivity index (χ0n) is 12.7. The Morgan fingerprint density at radius 2 is 2.00 bits per heavy atom. The molecule has 1 saturated heterocycles. The quantitative estimate of drug-likeness (QED) is 0.342. The van der Waals surface area contributed by atoms with Crippen molar-refractivity contribution in [3.63, 3.8) is 0 Å². The van der Waals surface area contributed by atoms with Crippen LogP contribution in [0, 0.1) is 5.92 Å². The summed E-state index contributed by atoms with van der Waals surface area (Å²) in [4.78, 5) is 12.5. The number of hydrogen-bond donors (Lipinski definition) is 1.